The van der Waals surface area contributed by atoms with E-state index in [1.165, 1.54) is 7.11 Å². The highest BCUT2D eigenvalue weighted by molar-refractivity contribution is 5.87. The second kappa shape index (κ2) is 6.41. The van der Waals surface area contributed by atoms with Crippen molar-refractivity contribution >= 4 is 12.0 Å². The molecule has 1 aliphatic heterocycles. The van der Waals surface area contributed by atoms with Crippen LogP contribution in [0.4, 0.5) is 4.79 Å². The van der Waals surface area contributed by atoms with Crippen LogP contribution in [0.15, 0.2) is 24.3 Å². The first-order valence-electron chi connectivity index (χ1n) is 6.81. The van der Waals surface area contributed by atoms with E-state index in [9.17, 15) is 9.59 Å². The quantitative estimate of drug-likeness (QED) is 0.918. The molecule has 2 rings (SSSR count). The summed E-state index contributed by atoms with van der Waals surface area (Å²) >= 11 is 0. The van der Waals surface area contributed by atoms with Gasteiger partial charge in [-0.05, 0) is 25.3 Å². The van der Waals surface area contributed by atoms with Gasteiger partial charge in [-0.25, -0.2) is 4.79 Å². The van der Waals surface area contributed by atoms with Gasteiger partial charge in [0.05, 0.1) is 7.11 Å². The Labute approximate surface area is 118 Å². The number of rotatable bonds is 3. The number of hydrogen-bond donors (Lipinski definition) is 1. The molecule has 20 heavy (non-hydrogen) atoms. The molecule has 0 radical (unpaired) electrons. The van der Waals surface area contributed by atoms with E-state index in [1.54, 1.807) is 4.90 Å². The lowest BCUT2D eigenvalue weighted by Crippen LogP contribution is -2.41. The number of benzene rings is 1. The van der Waals surface area contributed by atoms with Gasteiger partial charge in [-0.3, -0.25) is 4.79 Å². The lowest BCUT2D eigenvalue weighted by atomic mass is 10.0. The Kier molecular flexibility index (Phi) is 4.61. The topological polar surface area (TPSA) is 58.6 Å². The number of alkyl carbamates (subject to hydrolysis) is 1. The maximum atomic E-state index is 12.6. The zero-order chi connectivity index (χ0) is 14.5. The SMILES string of the molecule is COC(=O)NC(C(=O)N1CCCC1)c1cccc(C)c1. The minimum absolute atomic E-state index is 0.0708. The fourth-order valence-corrected chi connectivity index (χ4v) is 2.43. The molecule has 0 aliphatic carbocycles. The minimum atomic E-state index is -0.680. The first kappa shape index (κ1) is 14.4. The number of amides is 2. The van der Waals surface area contributed by atoms with Crippen LogP contribution in [0.25, 0.3) is 0 Å². The number of aryl methyl sites for hydroxylation is 1. The molecule has 0 aromatic heterocycles. The Bertz CT molecular complexity index is 496. The van der Waals surface area contributed by atoms with Gasteiger partial charge in [0, 0.05) is 13.1 Å². The molecule has 5 nitrogen and oxygen atoms in total. The van der Waals surface area contributed by atoms with Crippen LogP contribution in [0.1, 0.15) is 30.0 Å². The van der Waals surface area contributed by atoms with E-state index in [1.807, 2.05) is 31.2 Å². The molecule has 1 saturated heterocycles. The summed E-state index contributed by atoms with van der Waals surface area (Å²) in [6, 6.07) is 6.92. The number of methoxy groups -OCH3 is 1. The van der Waals surface area contributed by atoms with Crippen LogP contribution in [0.5, 0.6) is 0 Å². The highest BCUT2D eigenvalue weighted by atomic mass is 16.5. The van der Waals surface area contributed by atoms with Crippen LogP contribution in [0.2, 0.25) is 0 Å². The maximum Gasteiger partial charge on any atom is 0.407 e. The monoisotopic (exact) mass is 276 g/mol. The summed E-state index contributed by atoms with van der Waals surface area (Å²) in [6.07, 6.45) is 1.44. The van der Waals surface area contributed by atoms with Gasteiger partial charge in [0.2, 0.25) is 5.91 Å². The van der Waals surface area contributed by atoms with E-state index in [4.69, 9.17) is 0 Å². The molecule has 1 heterocycles. The van der Waals surface area contributed by atoms with Gasteiger partial charge in [-0.15, -0.1) is 0 Å². The third-order valence-corrected chi connectivity index (χ3v) is 3.49. The minimum Gasteiger partial charge on any atom is -0.453 e. The zero-order valence-electron chi connectivity index (χ0n) is 11.9. The largest absolute Gasteiger partial charge is 0.453 e. The molecule has 1 aliphatic rings. The van der Waals surface area contributed by atoms with Gasteiger partial charge < -0.3 is 15.0 Å². The van der Waals surface area contributed by atoms with Crippen molar-refractivity contribution in [3.8, 4) is 0 Å². The number of ether oxygens (including phenoxy) is 1. The number of carbonyl (C=O) groups excluding carboxylic acids is 2. The second-order valence-electron chi connectivity index (χ2n) is 5.02. The fourth-order valence-electron chi connectivity index (χ4n) is 2.43. The zero-order valence-corrected chi connectivity index (χ0v) is 11.9. The van der Waals surface area contributed by atoms with Crippen LogP contribution in [-0.2, 0) is 9.53 Å². The van der Waals surface area contributed by atoms with E-state index in [-0.39, 0.29) is 5.91 Å². The molecular weight excluding hydrogens is 256 g/mol. The number of nitrogens with one attached hydrogen (secondary N) is 1. The number of hydrogen-bond acceptors (Lipinski definition) is 3. The molecule has 108 valence electrons. The molecule has 1 N–H and O–H groups in total. The first-order chi connectivity index (χ1) is 9.61. The van der Waals surface area contributed by atoms with Crippen molar-refractivity contribution in [2.24, 2.45) is 0 Å². The highest BCUT2D eigenvalue weighted by Crippen LogP contribution is 2.20. The molecule has 1 aromatic rings. The van der Waals surface area contributed by atoms with Crippen molar-refractivity contribution in [1.29, 1.82) is 0 Å². The van der Waals surface area contributed by atoms with E-state index >= 15 is 0 Å². The van der Waals surface area contributed by atoms with Gasteiger partial charge in [-0.2, -0.15) is 0 Å². The normalized spacial score (nSPS) is 15.8. The number of nitrogens with zero attached hydrogens (tertiary/aromatic N) is 1. The van der Waals surface area contributed by atoms with Crippen molar-refractivity contribution in [3.05, 3.63) is 35.4 Å². The predicted molar refractivity (Wildman–Crippen MR) is 75.3 cm³/mol. The molecule has 0 spiro atoms. The van der Waals surface area contributed by atoms with E-state index in [0.29, 0.717) is 0 Å². The smallest absolute Gasteiger partial charge is 0.407 e. The molecule has 1 unspecified atom stereocenters. The summed E-state index contributed by atoms with van der Waals surface area (Å²) in [5.74, 6) is -0.0708. The average Bonchev–Trinajstić information content (AvgIpc) is 2.97. The van der Waals surface area contributed by atoms with E-state index < -0.39 is 12.1 Å². The Hall–Kier alpha value is -2.04. The van der Waals surface area contributed by atoms with Gasteiger partial charge in [0.25, 0.3) is 0 Å². The van der Waals surface area contributed by atoms with Crippen LogP contribution >= 0.6 is 0 Å². The Morgan fingerprint density at radius 3 is 2.60 bits per heavy atom. The van der Waals surface area contributed by atoms with Gasteiger partial charge in [0.15, 0.2) is 0 Å². The molecule has 0 saturated carbocycles. The Morgan fingerprint density at radius 2 is 2.00 bits per heavy atom. The third kappa shape index (κ3) is 3.29. The molecular formula is C15H20N2O3. The average molecular weight is 276 g/mol. The molecule has 1 aromatic carbocycles. The summed E-state index contributed by atoms with van der Waals surface area (Å²) in [5, 5.41) is 2.63. The Morgan fingerprint density at radius 1 is 1.30 bits per heavy atom. The van der Waals surface area contributed by atoms with Crippen molar-refractivity contribution in [3.63, 3.8) is 0 Å². The van der Waals surface area contributed by atoms with Gasteiger partial charge >= 0.3 is 6.09 Å². The standard InChI is InChI=1S/C15H20N2O3/c1-11-6-5-7-12(10-11)13(16-15(19)20-2)14(18)17-8-3-4-9-17/h5-7,10,13H,3-4,8-9H2,1-2H3,(H,16,19). The summed E-state index contributed by atoms with van der Waals surface area (Å²) < 4.78 is 4.62. The molecule has 2 amide bonds. The third-order valence-electron chi connectivity index (χ3n) is 3.49. The fraction of sp³-hybridized carbons (Fsp3) is 0.467. The summed E-state index contributed by atoms with van der Waals surface area (Å²) in [4.78, 5) is 25.9. The van der Waals surface area contributed by atoms with Crippen LogP contribution in [0.3, 0.4) is 0 Å². The lowest BCUT2D eigenvalue weighted by Gasteiger charge is -2.24. The van der Waals surface area contributed by atoms with Gasteiger partial charge in [-0.1, -0.05) is 29.8 Å². The number of carbonyl (C=O) groups is 2. The van der Waals surface area contributed by atoms with Crippen molar-refractivity contribution in [1.82, 2.24) is 10.2 Å². The second-order valence-corrected chi connectivity index (χ2v) is 5.02. The van der Waals surface area contributed by atoms with Gasteiger partial charge in [0.1, 0.15) is 6.04 Å². The van der Waals surface area contributed by atoms with E-state index in [2.05, 4.69) is 10.1 Å². The van der Waals surface area contributed by atoms with E-state index in [0.717, 1.165) is 37.1 Å². The van der Waals surface area contributed by atoms with Crippen molar-refractivity contribution in [2.75, 3.05) is 20.2 Å². The van der Waals surface area contributed by atoms with Crippen LogP contribution < -0.4 is 5.32 Å². The predicted octanol–water partition coefficient (Wildman–Crippen LogP) is 2.01. The van der Waals surface area contributed by atoms with Crippen molar-refractivity contribution < 1.29 is 14.3 Å². The summed E-state index contributed by atoms with van der Waals surface area (Å²) in [7, 11) is 1.29. The highest BCUT2D eigenvalue weighted by Gasteiger charge is 2.29. The maximum absolute atomic E-state index is 12.6. The van der Waals surface area contributed by atoms with Crippen molar-refractivity contribution in [2.45, 2.75) is 25.8 Å². The van der Waals surface area contributed by atoms with Crippen LogP contribution in [0, 0.1) is 6.92 Å². The van der Waals surface area contributed by atoms with Crippen LogP contribution in [-0.4, -0.2) is 37.1 Å². The summed E-state index contributed by atoms with van der Waals surface area (Å²) in [6.45, 7) is 3.47. The molecule has 1 atom stereocenters. The Balaban J connectivity index is 2.23. The lowest BCUT2D eigenvalue weighted by molar-refractivity contribution is -0.132. The molecule has 0 bridgehead atoms. The molecule has 1 fully saturated rings. The number of likely N-dealkylation sites (tertiary alicyclic amines) is 1. The first-order valence-corrected chi connectivity index (χ1v) is 6.81. The molecule has 5 heteroatoms. The summed E-state index contributed by atoms with van der Waals surface area (Å²) in [5.41, 5.74) is 1.83.